The molecule has 0 atom stereocenters. The maximum atomic E-state index is 8.78. The van der Waals surface area contributed by atoms with Gasteiger partial charge < -0.3 is 38.3 Å². The second-order valence-corrected chi connectivity index (χ2v) is 7.05. The highest BCUT2D eigenvalue weighted by atomic mass is 16.2. The summed E-state index contributed by atoms with van der Waals surface area (Å²) in [5.74, 6) is 1.75. The van der Waals surface area contributed by atoms with Gasteiger partial charge in [-0.15, -0.1) is 0 Å². The molecule has 0 amide bonds. The molecule has 2 aromatic rings. The summed E-state index contributed by atoms with van der Waals surface area (Å²) >= 11 is 0. The molecule has 0 saturated carbocycles. The topological polar surface area (TPSA) is 212 Å². The van der Waals surface area contributed by atoms with Crippen molar-refractivity contribution in [2.24, 2.45) is 0 Å². The lowest BCUT2D eigenvalue weighted by Crippen LogP contribution is -2.12. The Labute approximate surface area is 182 Å². The molecule has 0 fully saturated rings. The lowest BCUT2D eigenvalue weighted by molar-refractivity contribution is 0.283. The zero-order valence-corrected chi connectivity index (χ0v) is 17.8. The number of hydrogen-bond acceptors (Lipinski definition) is 13. The number of anilines is 6. The number of nitrogens with zero attached hydrogens (tertiary/aromatic N) is 6. The number of nitrogens with two attached hydrogens (primary N) is 3. The van der Waals surface area contributed by atoms with Crippen LogP contribution in [0.3, 0.4) is 0 Å². The van der Waals surface area contributed by atoms with Crippen LogP contribution in [-0.4, -0.2) is 61.3 Å². The van der Waals surface area contributed by atoms with Crippen molar-refractivity contribution in [1.29, 1.82) is 0 Å². The molecule has 31 heavy (non-hydrogen) atoms. The van der Waals surface area contributed by atoms with Crippen LogP contribution in [0, 0.1) is 0 Å². The number of aliphatic hydroxyl groups is 1. The van der Waals surface area contributed by atoms with Crippen molar-refractivity contribution >= 4 is 35.7 Å². The van der Waals surface area contributed by atoms with Gasteiger partial charge in [-0.05, 0) is 25.7 Å². The number of nitrogens with one attached hydrogen (secondary N) is 3. The van der Waals surface area contributed by atoms with E-state index in [2.05, 4.69) is 45.9 Å². The van der Waals surface area contributed by atoms with Crippen LogP contribution in [0.15, 0.2) is 0 Å². The van der Waals surface area contributed by atoms with Gasteiger partial charge in [-0.2, -0.15) is 29.9 Å². The molecule has 172 valence electrons. The molecule has 2 heterocycles. The zero-order valence-electron chi connectivity index (χ0n) is 17.8. The fraction of sp³-hybridized carbons (Fsp3) is 0.667. The lowest BCUT2D eigenvalue weighted by Gasteiger charge is -2.09. The van der Waals surface area contributed by atoms with E-state index in [1.807, 2.05) is 0 Å². The van der Waals surface area contributed by atoms with Crippen LogP contribution < -0.4 is 33.2 Å². The summed E-state index contributed by atoms with van der Waals surface area (Å²) in [7, 11) is 0. The van der Waals surface area contributed by atoms with Crippen molar-refractivity contribution in [1.82, 2.24) is 29.9 Å². The van der Waals surface area contributed by atoms with Gasteiger partial charge >= 0.3 is 0 Å². The second-order valence-electron chi connectivity index (χ2n) is 7.05. The van der Waals surface area contributed by atoms with Gasteiger partial charge in [0.2, 0.25) is 35.7 Å². The highest BCUT2D eigenvalue weighted by Crippen LogP contribution is 2.09. The molecular weight excluding hydrogens is 400 g/mol. The third-order valence-electron chi connectivity index (χ3n) is 4.36. The maximum absolute atomic E-state index is 8.78. The average molecular weight is 435 g/mol. The lowest BCUT2D eigenvalue weighted by atomic mass is 10.2. The molecule has 13 nitrogen and oxygen atoms in total. The Morgan fingerprint density at radius 3 is 1.26 bits per heavy atom. The van der Waals surface area contributed by atoms with Crippen LogP contribution >= 0.6 is 0 Å². The highest BCUT2D eigenvalue weighted by Gasteiger charge is 2.04. The molecule has 0 aliphatic rings. The van der Waals surface area contributed by atoms with E-state index in [0.29, 0.717) is 17.8 Å². The summed E-state index contributed by atoms with van der Waals surface area (Å²) < 4.78 is 0. The van der Waals surface area contributed by atoms with Crippen molar-refractivity contribution < 1.29 is 5.11 Å². The minimum atomic E-state index is 0.108. The third-order valence-corrected chi connectivity index (χ3v) is 4.36. The minimum Gasteiger partial charge on any atom is -0.396 e. The molecule has 0 unspecified atom stereocenters. The number of rotatable bonds is 16. The van der Waals surface area contributed by atoms with Crippen LogP contribution in [0.5, 0.6) is 0 Å². The highest BCUT2D eigenvalue weighted by molar-refractivity contribution is 5.39. The SMILES string of the molecule is Nc1nc(N)nc(NCCCCCCNc2nc(N)nc(NCCCCCCO)n2)n1. The van der Waals surface area contributed by atoms with Crippen LogP contribution in [-0.2, 0) is 0 Å². The van der Waals surface area contributed by atoms with Gasteiger partial charge in [0.25, 0.3) is 0 Å². The largest absolute Gasteiger partial charge is 0.396 e. The molecule has 0 bridgehead atoms. The van der Waals surface area contributed by atoms with Crippen molar-refractivity contribution in [2.45, 2.75) is 51.4 Å². The molecule has 0 spiro atoms. The molecule has 0 radical (unpaired) electrons. The van der Waals surface area contributed by atoms with Crippen molar-refractivity contribution in [2.75, 3.05) is 59.4 Å². The maximum Gasteiger partial charge on any atom is 0.229 e. The van der Waals surface area contributed by atoms with E-state index in [0.717, 1.165) is 71.0 Å². The van der Waals surface area contributed by atoms with Gasteiger partial charge in [-0.3, -0.25) is 0 Å². The summed E-state index contributed by atoms with van der Waals surface area (Å²) in [6.45, 7) is 2.48. The monoisotopic (exact) mass is 434 g/mol. The molecule has 0 aliphatic heterocycles. The van der Waals surface area contributed by atoms with Crippen molar-refractivity contribution in [3.63, 3.8) is 0 Å². The van der Waals surface area contributed by atoms with Gasteiger partial charge in [0, 0.05) is 26.2 Å². The first-order valence-corrected chi connectivity index (χ1v) is 10.7. The molecule has 10 N–H and O–H groups in total. The predicted molar refractivity (Wildman–Crippen MR) is 122 cm³/mol. The summed E-state index contributed by atoms with van der Waals surface area (Å²) in [6.07, 6.45) is 7.93. The van der Waals surface area contributed by atoms with Crippen molar-refractivity contribution in [3.8, 4) is 0 Å². The van der Waals surface area contributed by atoms with Crippen LogP contribution in [0.4, 0.5) is 35.7 Å². The van der Waals surface area contributed by atoms with E-state index in [-0.39, 0.29) is 24.5 Å². The Morgan fingerprint density at radius 1 is 0.484 bits per heavy atom. The van der Waals surface area contributed by atoms with Gasteiger partial charge in [-0.25, -0.2) is 0 Å². The van der Waals surface area contributed by atoms with Crippen LogP contribution in [0.1, 0.15) is 51.4 Å². The summed E-state index contributed by atoms with van der Waals surface area (Å²) in [5.41, 5.74) is 16.8. The quantitative estimate of drug-likeness (QED) is 0.183. The Hall–Kier alpha value is -3.22. The molecule has 13 heteroatoms. The number of unbranched alkanes of at least 4 members (excludes halogenated alkanes) is 6. The van der Waals surface area contributed by atoms with Crippen LogP contribution in [0.2, 0.25) is 0 Å². The third kappa shape index (κ3) is 10.4. The minimum absolute atomic E-state index is 0.108. The van der Waals surface area contributed by atoms with E-state index < -0.39 is 0 Å². The van der Waals surface area contributed by atoms with E-state index in [9.17, 15) is 0 Å². The van der Waals surface area contributed by atoms with E-state index in [1.54, 1.807) is 0 Å². The molecule has 2 aromatic heterocycles. The zero-order chi connectivity index (χ0) is 22.3. The Bertz CT molecular complexity index is 755. The van der Waals surface area contributed by atoms with Gasteiger partial charge in [0.15, 0.2) is 0 Å². The summed E-state index contributed by atoms with van der Waals surface area (Å²) in [6, 6.07) is 0. The Balaban J connectivity index is 1.56. The molecule has 0 saturated heterocycles. The smallest absolute Gasteiger partial charge is 0.229 e. The summed E-state index contributed by atoms with van der Waals surface area (Å²) in [4.78, 5) is 24.3. The standard InChI is InChI=1S/C18H34N12O/c19-13-25-14(20)27-16(26-13)22-9-5-1-2-6-10-23-17-28-15(21)29-18(30-17)24-11-7-3-4-8-12-31/h31H,1-12H2,(H5,19,20,22,25,26,27)(H4,21,23,24,28,29,30). The van der Waals surface area contributed by atoms with Gasteiger partial charge in [0.05, 0.1) is 0 Å². The van der Waals surface area contributed by atoms with E-state index in [4.69, 9.17) is 22.3 Å². The molecular formula is C18H34N12O. The fourth-order valence-corrected chi connectivity index (χ4v) is 2.83. The van der Waals surface area contributed by atoms with Crippen LogP contribution in [0.25, 0.3) is 0 Å². The van der Waals surface area contributed by atoms with E-state index >= 15 is 0 Å². The Morgan fingerprint density at radius 2 is 0.839 bits per heavy atom. The molecule has 0 aliphatic carbocycles. The summed E-state index contributed by atoms with van der Waals surface area (Å²) in [5, 5.41) is 18.2. The fourth-order valence-electron chi connectivity index (χ4n) is 2.83. The predicted octanol–water partition coefficient (Wildman–Crippen LogP) is 0.852. The molecule has 0 aromatic carbocycles. The van der Waals surface area contributed by atoms with Crippen molar-refractivity contribution in [3.05, 3.63) is 0 Å². The van der Waals surface area contributed by atoms with Gasteiger partial charge in [0.1, 0.15) is 0 Å². The number of aromatic nitrogens is 6. The number of hydrogen-bond donors (Lipinski definition) is 7. The number of nitrogen functional groups attached to an aromatic ring is 3. The first-order valence-electron chi connectivity index (χ1n) is 10.7. The second kappa shape index (κ2) is 13.9. The first-order chi connectivity index (χ1) is 15.1. The van der Waals surface area contributed by atoms with E-state index in [1.165, 1.54) is 0 Å². The number of aliphatic hydroxyl groups excluding tert-OH is 1. The average Bonchev–Trinajstić information content (AvgIpc) is 2.71. The normalized spacial score (nSPS) is 10.7. The van der Waals surface area contributed by atoms with Gasteiger partial charge in [-0.1, -0.05) is 25.7 Å². The Kier molecular flexibility index (Phi) is 10.8. The first kappa shape index (κ1) is 24.1. The molecule has 2 rings (SSSR count).